The average molecular weight is 334 g/mol. The molecule has 0 aliphatic heterocycles. The molecule has 1 atom stereocenters. The first-order chi connectivity index (χ1) is 11.7. The first kappa shape index (κ1) is 16.4. The molecule has 0 aliphatic rings. The van der Waals surface area contributed by atoms with Crippen molar-refractivity contribution >= 4 is 23.3 Å². The van der Waals surface area contributed by atoms with Crippen LogP contribution in [0.25, 0.3) is 0 Å². The van der Waals surface area contributed by atoms with E-state index in [1.807, 2.05) is 55.5 Å². The fourth-order valence-electron chi connectivity index (χ4n) is 2.88. The molecule has 0 saturated heterocycles. The normalized spacial score (nSPS) is 13.2. The van der Waals surface area contributed by atoms with Crippen LogP contribution < -0.4 is 10.6 Å². The van der Waals surface area contributed by atoms with Crippen LogP contribution in [0, 0.1) is 0 Å². The van der Waals surface area contributed by atoms with Crippen molar-refractivity contribution in [3.8, 4) is 0 Å². The Labute approximate surface area is 142 Å². The van der Waals surface area contributed by atoms with Crippen molar-refractivity contribution in [3.05, 3.63) is 96.1 Å². The molecule has 2 nitrogen and oxygen atoms in total. The number of carbonyl (C=O) groups is 1. The van der Waals surface area contributed by atoms with Crippen molar-refractivity contribution in [1.82, 2.24) is 0 Å². The van der Waals surface area contributed by atoms with E-state index < -0.39 is 7.14 Å². The maximum absolute atomic E-state index is 14.1. The minimum absolute atomic E-state index is 0.310. The first-order valence-corrected chi connectivity index (χ1v) is 9.72. The highest BCUT2D eigenvalue weighted by atomic mass is 31.2. The molecule has 0 amide bonds. The molecule has 0 aliphatic carbocycles. The molecule has 3 heteroatoms. The molecular weight excluding hydrogens is 315 g/mol. The largest absolute Gasteiger partial charge is 0.305 e. The van der Waals surface area contributed by atoms with E-state index in [4.69, 9.17) is 0 Å². The van der Waals surface area contributed by atoms with E-state index in [-0.39, 0.29) is 5.52 Å². The lowest BCUT2D eigenvalue weighted by molar-refractivity contribution is 0.107. The second-order valence-corrected chi connectivity index (χ2v) is 8.22. The summed E-state index contributed by atoms with van der Waals surface area (Å²) in [6.45, 7) is 2.02. The van der Waals surface area contributed by atoms with Gasteiger partial charge in [-0.15, -0.1) is 0 Å². The summed E-state index contributed by atoms with van der Waals surface area (Å²) in [5.41, 5.74) is 1.12. The van der Waals surface area contributed by atoms with E-state index in [1.165, 1.54) is 0 Å². The first-order valence-electron chi connectivity index (χ1n) is 8.02. The average Bonchev–Trinajstić information content (AvgIpc) is 2.68. The molecule has 0 fully saturated rings. The van der Waals surface area contributed by atoms with Crippen LogP contribution in [-0.4, -0.2) is 5.52 Å². The smallest absolute Gasteiger partial charge is 0.230 e. The lowest BCUT2D eigenvalue weighted by Gasteiger charge is -2.20. The minimum atomic E-state index is -3.43. The molecule has 0 N–H and O–H groups in total. The standard InChI is InChI=1S/C21H19O2P/c1-2-17-11-9-10-16-20(17)24(23,19-14-7-4-8-15-19)21(22)18-12-5-3-6-13-18/h3-16H,2H2,1H3. The van der Waals surface area contributed by atoms with Crippen LogP contribution in [0.2, 0.25) is 0 Å². The predicted molar refractivity (Wildman–Crippen MR) is 99.9 cm³/mol. The molecule has 120 valence electrons. The lowest BCUT2D eigenvalue weighted by Crippen LogP contribution is -2.25. The van der Waals surface area contributed by atoms with Gasteiger partial charge in [0.15, 0.2) is 0 Å². The SMILES string of the molecule is CCc1ccccc1P(=O)(C(=O)c1ccccc1)c1ccccc1. The summed E-state index contributed by atoms with van der Waals surface area (Å²) in [7, 11) is -3.43. The number of rotatable bonds is 5. The molecule has 3 rings (SSSR count). The number of hydrogen-bond acceptors (Lipinski definition) is 2. The predicted octanol–water partition coefficient (Wildman–Crippen LogP) is 4.40. The van der Waals surface area contributed by atoms with Crippen LogP contribution in [0.15, 0.2) is 84.9 Å². The van der Waals surface area contributed by atoms with Gasteiger partial charge in [-0.25, -0.2) is 0 Å². The molecule has 3 aromatic rings. The van der Waals surface area contributed by atoms with E-state index in [2.05, 4.69) is 0 Å². The van der Waals surface area contributed by atoms with Crippen molar-refractivity contribution in [1.29, 1.82) is 0 Å². The number of aryl methyl sites for hydroxylation is 1. The Morgan fingerprint density at radius 3 is 1.96 bits per heavy atom. The molecule has 0 bridgehead atoms. The summed E-state index contributed by atoms with van der Waals surface area (Å²) in [4.78, 5) is 13.3. The van der Waals surface area contributed by atoms with Crippen molar-refractivity contribution in [2.24, 2.45) is 0 Å². The topological polar surface area (TPSA) is 34.1 Å². The van der Waals surface area contributed by atoms with Gasteiger partial charge in [0.2, 0.25) is 12.7 Å². The van der Waals surface area contributed by atoms with Crippen molar-refractivity contribution in [3.63, 3.8) is 0 Å². The second kappa shape index (κ2) is 6.98. The van der Waals surface area contributed by atoms with Gasteiger partial charge in [0.05, 0.1) is 0 Å². The summed E-state index contributed by atoms with van der Waals surface area (Å²) >= 11 is 0. The Bertz CT molecular complexity index is 886. The van der Waals surface area contributed by atoms with Gasteiger partial charge in [0, 0.05) is 16.2 Å². The van der Waals surface area contributed by atoms with Gasteiger partial charge in [-0.3, -0.25) is 4.79 Å². The molecule has 0 saturated carbocycles. The Morgan fingerprint density at radius 2 is 1.33 bits per heavy atom. The second-order valence-electron chi connectivity index (χ2n) is 5.60. The quantitative estimate of drug-likeness (QED) is 0.648. The molecule has 24 heavy (non-hydrogen) atoms. The molecule has 0 heterocycles. The summed E-state index contributed by atoms with van der Waals surface area (Å²) in [6, 6.07) is 25.5. The fourth-order valence-corrected chi connectivity index (χ4v) is 5.65. The molecule has 1 unspecified atom stereocenters. The van der Waals surface area contributed by atoms with E-state index in [0.717, 1.165) is 12.0 Å². The highest BCUT2D eigenvalue weighted by Crippen LogP contribution is 2.47. The van der Waals surface area contributed by atoms with E-state index in [0.29, 0.717) is 16.2 Å². The van der Waals surface area contributed by atoms with Gasteiger partial charge >= 0.3 is 0 Å². The van der Waals surface area contributed by atoms with Gasteiger partial charge in [-0.1, -0.05) is 91.9 Å². The Morgan fingerprint density at radius 1 is 0.792 bits per heavy atom. The molecule has 0 aromatic heterocycles. The zero-order chi connectivity index (χ0) is 17.0. The minimum Gasteiger partial charge on any atom is -0.305 e. The maximum atomic E-state index is 14.1. The highest BCUT2D eigenvalue weighted by molar-refractivity contribution is 7.93. The van der Waals surface area contributed by atoms with Gasteiger partial charge in [0.1, 0.15) is 0 Å². The third-order valence-corrected chi connectivity index (χ3v) is 7.11. The van der Waals surface area contributed by atoms with Gasteiger partial charge in [0.25, 0.3) is 0 Å². The summed E-state index contributed by atoms with van der Waals surface area (Å²) in [5, 5.41) is 1.23. The van der Waals surface area contributed by atoms with Crippen LogP contribution in [0.3, 0.4) is 0 Å². The van der Waals surface area contributed by atoms with Gasteiger partial charge in [-0.2, -0.15) is 0 Å². The van der Waals surface area contributed by atoms with Crippen LogP contribution in [0.1, 0.15) is 22.8 Å². The van der Waals surface area contributed by atoms with Crippen LogP contribution in [0.4, 0.5) is 0 Å². The summed E-state index contributed by atoms with van der Waals surface area (Å²) < 4.78 is 14.1. The zero-order valence-corrected chi connectivity index (χ0v) is 14.4. The van der Waals surface area contributed by atoms with E-state index in [1.54, 1.807) is 36.4 Å². The van der Waals surface area contributed by atoms with Gasteiger partial charge < -0.3 is 4.57 Å². The third kappa shape index (κ3) is 2.86. The zero-order valence-electron chi connectivity index (χ0n) is 13.6. The van der Waals surface area contributed by atoms with Crippen molar-refractivity contribution in [2.45, 2.75) is 13.3 Å². The van der Waals surface area contributed by atoms with Crippen LogP contribution in [-0.2, 0) is 11.0 Å². The molecule has 0 radical (unpaired) electrons. The van der Waals surface area contributed by atoms with Crippen molar-refractivity contribution in [2.75, 3.05) is 0 Å². The van der Waals surface area contributed by atoms with E-state index >= 15 is 0 Å². The summed E-state index contributed by atoms with van der Waals surface area (Å²) in [5.74, 6) is 0. The Hall–Kier alpha value is -2.44. The van der Waals surface area contributed by atoms with Crippen LogP contribution >= 0.6 is 7.14 Å². The van der Waals surface area contributed by atoms with Crippen LogP contribution in [0.5, 0.6) is 0 Å². The monoisotopic (exact) mass is 334 g/mol. The molecule has 3 aromatic carbocycles. The number of carbonyl (C=O) groups excluding carboxylic acids is 1. The number of hydrogen-bond donors (Lipinski definition) is 0. The van der Waals surface area contributed by atoms with E-state index in [9.17, 15) is 9.36 Å². The molecular formula is C21H19O2P. The van der Waals surface area contributed by atoms with Gasteiger partial charge in [-0.05, 0) is 12.0 Å². The Kier molecular flexibility index (Phi) is 4.78. The third-order valence-electron chi connectivity index (χ3n) is 4.14. The Balaban J connectivity index is 2.27. The summed E-state index contributed by atoms with van der Waals surface area (Å²) in [6.07, 6.45) is 0.731. The molecule has 0 spiro atoms. The maximum Gasteiger partial charge on any atom is 0.230 e. The van der Waals surface area contributed by atoms with Crippen molar-refractivity contribution < 1.29 is 9.36 Å². The fraction of sp³-hybridized carbons (Fsp3) is 0.0952. The number of benzene rings is 3. The lowest BCUT2D eigenvalue weighted by atomic mass is 10.2. The highest BCUT2D eigenvalue weighted by Gasteiger charge is 2.37.